The van der Waals surface area contributed by atoms with Crippen LogP contribution in [0.5, 0.6) is 5.75 Å². The van der Waals surface area contributed by atoms with E-state index in [0.29, 0.717) is 36.5 Å². The van der Waals surface area contributed by atoms with Gasteiger partial charge in [0.1, 0.15) is 5.75 Å². The molecule has 160 valence electrons. The maximum Gasteiger partial charge on any atom is 0.256 e. The molecule has 0 fully saturated rings. The molecule has 3 aromatic carbocycles. The summed E-state index contributed by atoms with van der Waals surface area (Å²) in [6.07, 6.45) is 0.669. The lowest BCUT2D eigenvalue weighted by atomic mass is 10.0. The summed E-state index contributed by atoms with van der Waals surface area (Å²) >= 11 is 0. The van der Waals surface area contributed by atoms with Crippen molar-refractivity contribution in [3.05, 3.63) is 89.0 Å². The lowest BCUT2D eigenvalue weighted by Crippen LogP contribution is -2.36. The molecule has 1 aliphatic rings. The summed E-state index contributed by atoms with van der Waals surface area (Å²) in [5, 5.41) is 2.80. The van der Waals surface area contributed by atoms with E-state index in [1.165, 1.54) is 29.1 Å². The van der Waals surface area contributed by atoms with Crippen molar-refractivity contribution in [2.75, 3.05) is 19.0 Å². The number of fused-ring (bicyclic) bond motifs is 1. The molecule has 31 heavy (non-hydrogen) atoms. The average Bonchev–Trinajstić information content (AvgIpc) is 2.79. The van der Waals surface area contributed by atoms with Crippen LogP contribution in [0.1, 0.15) is 27.0 Å². The average molecular weight is 437 g/mol. The van der Waals surface area contributed by atoms with Gasteiger partial charge in [-0.1, -0.05) is 42.5 Å². The Morgan fingerprint density at radius 1 is 1.00 bits per heavy atom. The predicted octanol–water partition coefficient (Wildman–Crippen LogP) is 4.00. The van der Waals surface area contributed by atoms with E-state index >= 15 is 0 Å². The largest absolute Gasteiger partial charge is 0.495 e. The third kappa shape index (κ3) is 4.19. The van der Waals surface area contributed by atoms with Gasteiger partial charge in [-0.15, -0.1) is 0 Å². The molecule has 0 aliphatic carbocycles. The van der Waals surface area contributed by atoms with Crippen molar-refractivity contribution in [1.29, 1.82) is 0 Å². The van der Waals surface area contributed by atoms with Crippen molar-refractivity contribution in [1.82, 2.24) is 4.31 Å². The van der Waals surface area contributed by atoms with E-state index in [1.807, 2.05) is 43.3 Å². The van der Waals surface area contributed by atoms with E-state index in [9.17, 15) is 13.2 Å². The second kappa shape index (κ2) is 8.53. The number of sulfonamides is 1. The summed E-state index contributed by atoms with van der Waals surface area (Å²) in [4.78, 5) is 12.9. The molecule has 1 heterocycles. The van der Waals surface area contributed by atoms with Crippen LogP contribution in [-0.2, 0) is 23.0 Å². The summed E-state index contributed by atoms with van der Waals surface area (Å²) in [5.74, 6) is 0.0720. The molecule has 1 amide bonds. The highest BCUT2D eigenvalue weighted by Crippen LogP contribution is 2.31. The number of aryl methyl sites for hydroxylation is 1. The molecule has 0 unspecified atom stereocenters. The fourth-order valence-corrected chi connectivity index (χ4v) is 5.23. The Morgan fingerprint density at radius 2 is 1.71 bits per heavy atom. The van der Waals surface area contributed by atoms with Crippen molar-refractivity contribution in [2.45, 2.75) is 24.8 Å². The van der Waals surface area contributed by atoms with Gasteiger partial charge in [0, 0.05) is 18.7 Å². The summed E-state index contributed by atoms with van der Waals surface area (Å²) in [7, 11) is -2.25. The van der Waals surface area contributed by atoms with Gasteiger partial charge in [-0.2, -0.15) is 4.31 Å². The third-order valence-electron chi connectivity index (χ3n) is 5.54. The summed E-state index contributed by atoms with van der Waals surface area (Å²) < 4.78 is 33.5. The van der Waals surface area contributed by atoms with E-state index in [4.69, 9.17) is 4.74 Å². The Kier molecular flexibility index (Phi) is 5.80. The Labute approximate surface area is 182 Å². The zero-order chi connectivity index (χ0) is 22.0. The van der Waals surface area contributed by atoms with E-state index in [1.54, 1.807) is 18.2 Å². The lowest BCUT2D eigenvalue weighted by molar-refractivity contribution is 0.102. The van der Waals surface area contributed by atoms with Crippen LogP contribution in [0.15, 0.2) is 71.6 Å². The molecule has 7 heteroatoms. The smallest absolute Gasteiger partial charge is 0.256 e. The fourth-order valence-electron chi connectivity index (χ4n) is 3.79. The minimum absolute atomic E-state index is 0.118. The topological polar surface area (TPSA) is 75.7 Å². The van der Waals surface area contributed by atoms with Gasteiger partial charge >= 0.3 is 0 Å². The molecule has 0 saturated carbocycles. The van der Waals surface area contributed by atoms with Crippen LogP contribution in [0.3, 0.4) is 0 Å². The molecule has 0 atom stereocenters. The number of amides is 1. The van der Waals surface area contributed by atoms with Gasteiger partial charge in [-0.05, 0) is 54.3 Å². The van der Waals surface area contributed by atoms with Gasteiger partial charge in [0.05, 0.1) is 17.7 Å². The molecule has 6 nitrogen and oxygen atoms in total. The molecule has 4 rings (SSSR count). The number of methoxy groups -OCH3 is 1. The second-order valence-corrected chi connectivity index (χ2v) is 9.43. The highest BCUT2D eigenvalue weighted by atomic mass is 32.2. The number of carbonyl (C=O) groups is 1. The zero-order valence-electron chi connectivity index (χ0n) is 17.5. The minimum atomic E-state index is -3.73. The molecule has 0 aromatic heterocycles. The number of benzene rings is 3. The van der Waals surface area contributed by atoms with Crippen molar-refractivity contribution in [3.8, 4) is 5.75 Å². The molecule has 3 aromatic rings. The Bertz CT molecular complexity index is 1240. The van der Waals surface area contributed by atoms with E-state index < -0.39 is 10.0 Å². The van der Waals surface area contributed by atoms with Gasteiger partial charge in [0.25, 0.3) is 5.91 Å². The molecule has 0 saturated heterocycles. The highest BCUT2D eigenvalue weighted by Gasteiger charge is 2.29. The van der Waals surface area contributed by atoms with Crippen LogP contribution in [0.2, 0.25) is 0 Å². The monoisotopic (exact) mass is 436 g/mol. The molecule has 0 bridgehead atoms. The maximum absolute atomic E-state index is 13.3. The molecule has 0 spiro atoms. The summed E-state index contributed by atoms with van der Waals surface area (Å²) in [6.45, 7) is 2.59. The Balaban J connectivity index is 1.64. The summed E-state index contributed by atoms with van der Waals surface area (Å²) in [5.41, 5.74) is 3.85. The van der Waals surface area contributed by atoms with Gasteiger partial charge < -0.3 is 10.1 Å². The molecule has 1 N–H and O–H groups in total. The van der Waals surface area contributed by atoms with E-state index in [0.717, 1.165) is 11.1 Å². The normalized spacial score (nSPS) is 14.0. The molecule has 0 radical (unpaired) electrons. The van der Waals surface area contributed by atoms with Crippen LogP contribution in [-0.4, -0.2) is 32.3 Å². The first-order valence-corrected chi connectivity index (χ1v) is 11.5. The lowest BCUT2D eigenvalue weighted by Gasteiger charge is -2.28. The number of nitrogens with zero attached hydrogens (tertiary/aromatic N) is 1. The third-order valence-corrected chi connectivity index (χ3v) is 7.38. The maximum atomic E-state index is 13.3. The molecular formula is C24H24N2O4S. The van der Waals surface area contributed by atoms with Crippen molar-refractivity contribution < 1.29 is 17.9 Å². The quantitative estimate of drug-likeness (QED) is 0.656. The van der Waals surface area contributed by atoms with Crippen molar-refractivity contribution >= 4 is 21.6 Å². The summed E-state index contributed by atoms with van der Waals surface area (Å²) in [6, 6.07) is 19.6. The van der Waals surface area contributed by atoms with E-state index in [2.05, 4.69) is 5.32 Å². The number of hydrogen-bond acceptors (Lipinski definition) is 4. The number of ether oxygens (including phenoxy) is 1. The van der Waals surface area contributed by atoms with Gasteiger partial charge in [-0.25, -0.2) is 8.42 Å². The van der Waals surface area contributed by atoms with Crippen LogP contribution in [0.4, 0.5) is 5.69 Å². The van der Waals surface area contributed by atoms with Gasteiger partial charge in [-0.3, -0.25) is 4.79 Å². The molecule has 1 aliphatic heterocycles. The standard InChI is InChI=1S/C24H24N2O4S/c1-17-7-3-6-10-21(17)24(27)25-22-15-20(11-12-23(22)30-2)31(28,29)26-14-13-18-8-4-5-9-19(18)16-26/h3-12,15H,13-14,16H2,1-2H3,(H,25,27). The van der Waals surface area contributed by atoms with Crippen LogP contribution in [0.25, 0.3) is 0 Å². The van der Waals surface area contributed by atoms with Gasteiger partial charge in [0.15, 0.2) is 0 Å². The second-order valence-electron chi connectivity index (χ2n) is 7.49. The minimum Gasteiger partial charge on any atom is -0.495 e. The first-order valence-electron chi connectivity index (χ1n) is 10.0. The SMILES string of the molecule is COc1ccc(S(=O)(=O)N2CCc3ccccc3C2)cc1NC(=O)c1ccccc1C. The number of anilines is 1. The van der Waals surface area contributed by atoms with Crippen LogP contribution >= 0.6 is 0 Å². The Morgan fingerprint density at radius 3 is 2.45 bits per heavy atom. The molecular weight excluding hydrogens is 412 g/mol. The number of nitrogens with one attached hydrogen (secondary N) is 1. The fraction of sp³-hybridized carbons (Fsp3) is 0.208. The highest BCUT2D eigenvalue weighted by molar-refractivity contribution is 7.89. The Hall–Kier alpha value is -3.16. The predicted molar refractivity (Wildman–Crippen MR) is 120 cm³/mol. The number of rotatable bonds is 5. The van der Waals surface area contributed by atoms with Crippen molar-refractivity contribution in [3.63, 3.8) is 0 Å². The first-order chi connectivity index (χ1) is 14.9. The van der Waals surface area contributed by atoms with E-state index in [-0.39, 0.29) is 10.8 Å². The van der Waals surface area contributed by atoms with Gasteiger partial charge in [0.2, 0.25) is 10.0 Å². The number of hydrogen-bond donors (Lipinski definition) is 1. The zero-order valence-corrected chi connectivity index (χ0v) is 18.3. The number of carbonyl (C=O) groups excluding carboxylic acids is 1. The van der Waals surface area contributed by atoms with Crippen molar-refractivity contribution in [2.24, 2.45) is 0 Å². The first kappa shape index (κ1) is 21.1. The van der Waals surface area contributed by atoms with Crippen LogP contribution in [0, 0.1) is 6.92 Å². The van der Waals surface area contributed by atoms with Crippen LogP contribution < -0.4 is 10.1 Å².